The van der Waals surface area contributed by atoms with Gasteiger partial charge in [-0.3, -0.25) is 10.1 Å². The zero-order valence-electron chi connectivity index (χ0n) is 18.6. The highest BCUT2D eigenvalue weighted by Gasteiger charge is 2.20. The second kappa shape index (κ2) is 9.52. The Morgan fingerprint density at radius 3 is 2.46 bits per heavy atom. The van der Waals surface area contributed by atoms with Crippen molar-refractivity contribution in [1.82, 2.24) is 9.97 Å². The molecule has 0 saturated heterocycles. The Labute approximate surface area is 204 Å². The Balaban J connectivity index is 1.49. The first-order valence-electron chi connectivity index (χ1n) is 10.8. The SMILES string of the molecule is COc1ccnc(C(=O)Nc2nc3ccc(C(c4ccccc4)c4ccc(F)cc4)cc3s2)c1O. The van der Waals surface area contributed by atoms with Crippen molar-refractivity contribution in [1.29, 1.82) is 0 Å². The number of anilines is 1. The normalized spacial score (nSPS) is 11.8. The largest absolute Gasteiger partial charge is 0.503 e. The summed E-state index contributed by atoms with van der Waals surface area (Å²) in [4.78, 5) is 21.2. The minimum Gasteiger partial charge on any atom is -0.503 e. The predicted octanol–water partition coefficient (Wildman–Crippen LogP) is 5.98. The van der Waals surface area contributed by atoms with E-state index in [4.69, 9.17) is 4.74 Å². The van der Waals surface area contributed by atoms with Crippen LogP contribution in [0.3, 0.4) is 0 Å². The molecule has 1 unspecified atom stereocenters. The summed E-state index contributed by atoms with van der Waals surface area (Å²) in [7, 11) is 1.40. The number of pyridine rings is 1. The van der Waals surface area contributed by atoms with Crippen LogP contribution in [0.2, 0.25) is 0 Å². The number of nitrogens with one attached hydrogen (secondary N) is 1. The van der Waals surface area contributed by atoms with Gasteiger partial charge in [0.05, 0.1) is 17.3 Å². The van der Waals surface area contributed by atoms with E-state index in [9.17, 15) is 14.3 Å². The molecule has 1 atom stereocenters. The molecule has 3 aromatic carbocycles. The van der Waals surface area contributed by atoms with Gasteiger partial charge in [-0.05, 0) is 41.0 Å². The zero-order valence-corrected chi connectivity index (χ0v) is 19.4. The summed E-state index contributed by atoms with van der Waals surface area (Å²) in [6, 6.07) is 23.9. The maximum Gasteiger partial charge on any atom is 0.280 e. The van der Waals surface area contributed by atoms with E-state index in [0.29, 0.717) is 5.13 Å². The lowest BCUT2D eigenvalue weighted by molar-refractivity contribution is 0.101. The average molecular weight is 486 g/mol. The number of amides is 1. The third-order valence-electron chi connectivity index (χ3n) is 5.62. The van der Waals surface area contributed by atoms with Crippen molar-refractivity contribution in [3.05, 3.63) is 113 Å². The van der Waals surface area contributed by atoms with Gasteiger partial charge in [0.1, 0.15) is 5.82 Å². The predicted molar refractivity (Wildman–Crippen MR) is 134 cm³/mol. The molecule has 2 N–H and O–H groups in total. The first-order chi connectivity index (χ1) is 17.0. The number of carbonyl (C=O) groups is 1. The van der Waals surface area contributed by atoms with E-state index in [1.807, 2.05) is 48.5 Å². The van der Waals surface area contributed by atoms with Crippen molar-refractivity contribution >= 4 is 32.6 Å². The molecule has 5 rings (SSSR count). The summed E-state index contributed by atoms with van der Waals surface area (Å²) in [5.41, 5.74) is 3.64. The van der Waals surface area contributed by atoms with Crippen LogP contribution >= 0.6 is 11.3 Å². The molecule has 0 aliphatic carbocycles. The number of rotatable bonds is 6. The van der Waals surface area contributed by atoms with Crippen molar-refractivity contribution in [2.75, 3.05) is 12.4 Å². The molecule has 0 bridgehead atoms. The zero-order chi connectivity index (χ0) is 24.4. The van der Waals surface area contributed by atoms with Crippen LogP contribution in [0.25, 0.3) is 10.2 Å². The smallest absolute Gasteiger partial charge is 0.280 e. The summed E-state index contributed by atoms with van der Waals surface area (Å²) in [5.74, 6) is -1.14. The van der Waals surface area contributed by atoms with Crippen LogP contribution in [-0.4, -0.2) is 28.1 Å². The monoisotopic (exact) mass is 485 g/mol. The number of benzene rings is 3. The number of carbonyl (C=O) groups excluding carboxylic acids is 1. The highest BCUT2D eigenvalue weighted by Crippen LogP contribution is 2.36. The molecule has 8 heteroatoms. The van der Waals surface area contributed by atoms with Gasteiger partial charge < -0.3 is 9.84 Å². The van der Waals surface area contributed by atoms with Crippen molar-refractivity contribution in [2.45, 2.75) is 5.92 Å². The number of aromatic hydroxyl groups is 1. The second-order valence-corrected chi connectivity index (χ2v) is 8.84. The maximum absolute atomic E-state index is 13.6. The number of nitrogens with zero attached hydrogens (tertiary/aromatic N) is 2. The standard InChI is InChI=1S/C27H20FN3O3S/c1-34-21-13-14-29-24(25(21)32)26(33)31-27-30-20-12-9-18(15-22(20)35-27)23(16-5-3-2-4-6-16)17-7-10-19(28)11-8-17/h2-15,23,32H,1H3,(H,30,31,33). The number of halogens is 1. The average Bonchev–Trinajstić information content (AvgIpc) is 3.27. The molecule has 0 fully saturated rings. The van der Waals surface area contributed by atoms with E-state index in [1.54, 1.807) is 12.1 Å². The van der Waals surface area contributed by atoms with E-state index in [0.717, 1.165) is 26.9 Å². The van der Waals surface area contributed by atoms with E-state index >= 15 is 0 Å². The third kappa shape index (κ3) is 4.56. The molecule has 35 heavy (non-hydrogen) atoms. The number of thiazole rings is 1. The summed E-state index contributed by atoms with van der Waals surface area (Å²) in [5, 5.41) is 13.3. The molecule has 0 aliphatic heterocycles. The Morgan fingerprint density at radius 1 is 1.00 bits per heavy atom. The fraction of sp³-hybridized carbons (Fsp3) is 0.0741. The highest BCUT2D eigenvalue weighted by atomic mass is 32.1. The van der Waals surface area contributed by atoms with Gasteiger partial charge in [-0.15, -0.1) is 0 Å². The molecule has 0 spiro atoms. The molecule has 5 aromatic rings. The number of methoxy groups -OCH3 is 1. The van der Waals surface area contributed by atoms with E-state index in [-0.39, 0.29) is 28.9 Å². The van der Waals surface area contributed by atoms with Gasteiger partial charge in [0.2, 0.25) is 0 Å². The van der Waals surface area contributed by atoms with Crippen molar-refractivity contribution in [2.24, 2.45) is 0 Å². The first kappa shape index (κ1) is 22.5. The molecular weight excluding hydrogens is 465 g/mol. The third-order valence-corrected chi connectivity index (χ3v) is 6.56. The van der Waals surface area contributed by atoms with E-state index < -0.39 is 5.91 Å². The van der Waals surface area contributed by atoms with Gasteiger partial charge in [0, 0.05) is 18.2 Å². The molecule has 0 saturated carbocycles. The number of ether oxygens (including phenoxy) is 1. The van der Waals surface area contributed by atoms with E-state index in [2.05, 4.69) is 15.3 Å². The number of hydrogen-bond acceptors (Lipinski definition) is 6. The van der Waals surface area contributed by atoms with Crippen LogP contribution in [0.15, 0.2) is 85.1 Å². The topological polar surface area (TPSA) is 84.3 Å². The number of hydrogen-bond donors (Lipinski definition) is 2. The minimum absolute atomic E-state index is 0.0979. The van der Waals surface area contributed by atoms with Crippen LogP contribution in [-0.2, 0) is 0 Å². The number of aromatic nitrogens is 2. The molecule has 2 aromatic heterocycles. The fourth-order valence-electron chi connectivity index (χ4n) is 3.98. The maximum atomic E-state index is 13.6. The van der Waals surface area contributed by atoms with Gasteiger partial charge in [0.25, 0.3) is 5.91 Å². The minimum atomic E-state index is -0.589. The molecule has 6 nitrogen and oxygen atoms in total. The summed E-state index contributed by atoms with van der Waals surface area (Å²) in [6.45, 7) is 0. The summed E-state index contributed by atoms with van der Waals surface area (Å²) >= 11 is 1.32. The summed E-state index contributed by atoms with van der Waals surface area (Å²) < 4.78 is 19.5. The van der Waals surface area contributed by atoms with Gasteiger partial charge in [-0.1, -0.05) is 59.9 Å². The first-order valence-corrected chi connectivity index (χ1v) is 11.6. The van der Waals surface area contributed by atoms with Crippen molar-refractivity contribution in [3.8, 4) is 11.5 Å². The molecular formula is C27H20FN3O3S. The van der Waals surface area contributed by atoms with Crippen LogP contribution in [0.4, 0.5) is 9.52 Å². The fourth-order valence-corrected chi connectivity index (χ4v) is 4.89. The van der Waals surface area contributed by atoms with Crippen LogP contribution in [0.1, 0.15) is 33.1 Å². The lowest BCUT2D eigenvalue weighted by atomic mass is 9.85. The summed E-state index contributed by atoms with van der Waals surface area (Å²) in [6.07, 6.45) is 1.39. The molecule has 0 radical (unpaired) electrons. The quantitative estimate of drug-likeness (QED) is 0.289. The lowest BCUT2D eigenvalue weighted by Crippen LogP contribution is -2.13. The van der Waals surface area contributed by atoms with Gasteiger partial charge in [0.15, 0.2) is 22.3 Å². The Morgan fingerprint density at radius 2 is 1.71 bits per heavy atom. The molecule has 1 amide bonds. The highest BCUT2D eigenvalue weighted by molar-refractivity contribution is 7.22. The van der Waals surface area contributed by atoms with Gasteiger partial charge >= 0.3 is 0 Å². The van der Waals surface area contributed by atoms with Crippen LogP contribution < -0.4 is 10.1 Å². The number of fused-ring (bicyclic) bond motifs is 1. The Bertz CT molecular complexity index is 1500. The van der Waals surface area contributed by atoms with Crippen molar-refractivity contribution in [3.63, 3.8) is 0 Å². The molecule has 0 aliphatic rings. The molecule has 2 heterocycles. The Kier molecular flexibility index (Phi) is 6.12. The van der Waals surface area contributed by atoms with Gasteiger partial charge in [-0.25, -0.2) is 14.4 Å². The Hall–Kier alpha value is -4.30. The molecule has 174 valence electrons. The second-order valence-electron chi connectivity index (χ2n) is 7.81. The van der Waals surface area contributed by atoms with Crippen LogP contribution in [0, 0.1) is 5.82 Å². The van der Waals surface area contributed by atoms with Gasteiger partial charge in [-0.2, -0.15) is 0 Å². The lowest BCUT2D eigenvalue weighted by Gasteiger charge is -2.19. The van der Waals surface area contributed by atoms with Crippen LogP contribution in [0.5, 0.6) is 11.5 Å². The van der Waals surface area contributed by atoms with E-state index in [1.165, 1.54) is 42.8 Å². The van der Waals surface area contributed by atoms with Crippen molar-refractivity contribution < 1.29 is 19.0 Å².